The van der Waals surface area contributed by atoms with Gasteiger partial charge in [0.05, 0.1) is 4.88 Å². The second kappa shape index (κ2) is 7.72. The summed E-state index contributed by atoms with van der Waals surface area (Å²) in [4.78, 5) is 25.4. The third-order valence-corrected chi connectivity index (χ3v) is 5.31. The van der Waals surface area contributed by atoms with E-state index in [0.29, 0.717) is 12.1 Å². The third-order valence-electron chi connectivity index (χ3n) is 4.42. The fourth-order valence-corrected chi connectivity index (χ4v) is 3.80. The second-order valence-corrected chi connectivity index (χ2v) is 7.58. The van der Waals surface area contributed by atoms with E-state index in [1.54, 1.807) is 6.07 Å². The van der Waals surface area contributed by atoms with Gasteiger partial charge in [0.1, 0.15) is 28.7 Å². The van der Waals surface area contributed by atoms with Crippen molar-refractivity contribution in [2.24, 2.45) is 0 Å². The summed E-state index contributed by atoms with van der Waals surface area (Å²) >= 11 is 1.45. The summed E-state index contributed by atoms with van der Waals surface area (Å²) < 4.78 is 29.4. The van der Waals surface area contributed by atoms with Gasteiger partial charge in [-0.15, -0.1) is 11.3 Å². The van der Waals surface area contributed by atoms with E-state index in [-0.39, 0.29) is 17.8 Å². The molecule has 1 saturated heterocycles. The van der Waals surface area contributed by atoms with E-state index in [1.807, 2.05) is 24.4 Å². The normalized spacial score (nSPS) is 19.1. The largest absolute Gasteiger partial charge is 0.322 e. The van der Waals surface area contributed by atoms with Crippen LogP contribution in [0.3, 0.4) is 0 Å². The molecule has 2 amide bonds. The smallest absolute Gasteiger partial charge is 0.262 e. The molecule has 3 N–H and O–H groups in total. The quantitative estimate of drug-likeness (QED) is 0.609. The van der Waals surface area contributed by atoms with Crippen molar-refractivity contribution >= 4 is 29.0 Å². The summed E-state index contributed by atoms with van der Waals surface area (Å²) in [5, 5.41) is 14.8. The van der Waals surface area contributed by atoms with Crippen molar-refractivity contribution in [3.8, 4) is 10.6 Å². The Labute approximate surface area is 168 Å². The van der Waals surface area contributed by atoms with Gasteiger partial charge in [-0.25, -0.2) is 13.5 Å². The number of halogens is 2. The predicted molar refractivity (Wildman–Crippen MR) is 104 cm³/mol. The zero-order chi connectivity index (χ0) is 20.5. The number of benzene rings is 1. The van der Waals surface area contributed by atoms with Crippen LogP contribution in [0.1, 0.15) is 30.0 Å². The molecule has 4 rings (SSSR count). The van der Waals surface area contributed by atoms with Gasteiger partial charge < -0.3 is 10.6 Å². The lowest BCUT2D eigenvalue weighted by molar-refractivity contribution is -0.125. The molecule has 0 saturated carbocycles. The third kappa shape index (κ3) is 3.89. The highest BCUT2D eigenvalue weighted by atomic mass is 32.1. The lowest BCUT2D eigenvalue weighted by Gasteiger charge is -2.30. The number of nitrogens with one attached hydrogen (secondary N) is 3. The molecular weight excluding hydrogens is 400 g/mol. The first-order valence-electron chi connectivity index (χ1n) is 8.86. The van der Waals surface area contributed by atoms with Gasteiger partial charge in [0.2, 0.25) is 5.91 Å². The number of amides is 2. The minimum atomic E-state index is -0.968. The molecule has 3 heterocycles. The van der Waals surface area contributed by atoms with Gasteiger partial charge in [0.25, 0.3) is 5.91 Å². The standard InChI is InChI=1S/C19H17F2N5O2S/c1-10-8-16(27)24-19(22-10)26-15(9-13(25-26)14-6-3-7-29-14)23-18(28)17-11(20)4-2-5-12(17)21/h2-7,9-10,19,22H,8H2,1H3,(H,23,28)(H,24,27). The molecular formula is C19H17F2N5O2S. The van der Waals surface area contributed by atoms with Gasteiger partial charge in [0, 0.05) is 18.5 Å². The molecule has 3 aromatic rings. The molecule has 2 unspecified atom stereocenters. The Morgan fingerprint density at radius 3 is 2.69 bits per heavy atom. The fourth-order valence-electron chi connectivity index (χ4n) is 3.11. The zero-order valence-electron chi connectivity index (χ0n) is 15.3. The molecule has 29 heavy (non-hydrogen) atoms. The number of carbonyl (C=O) groups is 2. The van der Waals surface area contributed by atoms with Crippen molar-refractivity contribution < 1.29 is 18.4 Å². The molecule has 0 aliphatic carbocycles. The highest BCUT2D eigenvalue weighted by Gasteiger charge is 2.28. The molecule has 1 aliphatic heterocycles. The molecule has 2 aromatic heterocycles. The molecule has 150 valence electrons. The topological polar surface area (TPSA) is 88.1 Å². The number of thiophene rings is 1. The first-order chi connectivity index (χ1) is 13.9. The Bertz CT molecular complexity index is 1050. The van der Waals surface area contributed by atoms with Crippen molar-refractivity contribution in [2.45, 2.75) is 25.7 Å². The van der Waals surface area contributed by atoms with E-state index in [2.05, 4.69) is 21.0 Å². The Balaban J connectivity index is 1.71. The number of hydrogen-bond donors (Lipinski definition) is 3. The van der Waals surface area contributed by atoms with E-state index in [4.69, 9.17) is 0 Å². The fraction of sp³-hybridized carbons (Fsp3) is 0.211. The summed E-state index contributed by atoms with van der Waals surface area (Å²) in [6.07, 6.45) is -0.418. The zero-order valence-corrected chi connectivity index (χ0v) is 16.1. The summed E-state index contributed by atoms with van der Waals surface area (Å²) in [5.74, 6) is -2.87. The summed E-state index contributed by atoms with van der Waals surface area (Å²) in [6, 6.07) is 8.40. The average molecular weight is 417 g/mol. The van der Waals surface area contributed by atoms with Gasteiger partial charge in [-0.05, 0) is 30.5 Å². The van der Waals surface area contributed by atoms with Crippen LogP contribution in [-0.2, 0) is 4.79 Å². The van der Waals surface area contributed by atoms with Crippen LogP contribution in [0.15, 0.2) is 41.8 Å². The van der Waals surface area contributed by atoms with E-state index < -0.39 is 29.4 Å². The lowest BCUT2D eigenvalue weighted by Crippen LogP contribution is -2.52. The van der Waals surface area contributed by atoms with Crippen molar-refractivity contribution in [1.82, 2.24) is 20.4 Å². The van der Waals surface area contributed by atoms with Crippen LogP contribution in [0.2, 0.25) is 0 Å². The van der Waals surface area contributed by atoms with E-state index in [0.717, 1.165) is 17.0 Å². The van der Waals surface area contributed by atoms with Gasteiger partial charge >= 0.3 is 0 Å². The number of rotatable bonds is 4. The summed E-state index contributed by atoms with van der Waals surface area (Å²) in [7, 11) is 0. The minimum Gasteiger partial charge on any atom is -0.322 e. The van der Waals surface area contributed by atoms with Gasteiger partial charge in [-0.3, -0.25) is 14.9 Å². The van der Waals surface area contributed by atoms with E-state index in [9.17, 15) is 18.4 Å². The number of nitrogens with zero attached hydrogens (tertiary/aromatic N) is 2. The molecule has 0 radical (unpaired) electrons. The van der Waals surface area contributed by atoms with Gasteiger partial charge in [-0.1, -0.05) is 12.1 Å². The second-order valence-electron chi connectivity index (χ2n) is 6.63. The highest BCUT2D eigenvalue weighted by Crippen LogP contribution is 2.28. The first-order valence-corrected chi connectivity index (χ1v) is 9.74. The molecule has 1 aliphatic rings. The highest BCUT2D eigenvalue weighted by molar-refractivity contribution is 7.13. The number of hydrogen-bond acceptors (Lipinski definition) is 5. The number of aromatic nitrogens is 2. The lowest BCUT2D eigenvalue weighted by atomic mass is 10.2. The Morgan fingerprint density at radius 1 is 1.28 bits per heavy atom. The maximum Gasteiger partial charge on any atom is 0.262 e. The maximum atomic E-state index is 14.0. The van der Waals surface area contributed by atoms with Crippen LogP contribution in [-0.4, -0.2) is 27.6 Å². The average Bonchev–Trinajstić information content (AvgIpc) is 3.30. The Hall–Kier alpha value is -3.11. The van der Waals surface area contributed by atoms with Crippen LogP contribution in [0.5, 0.6) is 0 Å². The molecule has 1 aromatic carbocycles. The Morgan fingerprint density at radius 2 is 2.03 bits per heavy atom. The van der Waals surface area contributed by atoms with Crippen LogP contribution in [0.4, 0.5) is 14.6 Å². The molecule has 1 fully saturated rings. The van der Waals surface area contributed by atoms with Crippen LogP contribution in [0, 0.1) is 11.6 Å². The van der Waals surface area contributed by atoms with Crippen molar-refractivity contribution in [3.63, 3.8) is 0 Å². The number of anilines is 1. The summed E-state index contributed by atoms with van der Waals surface area (Å²) in [6.45, 7) is 1.85. The van der Waals surface area contributed by atoms with E-state index in [1.165, 1.54) is 22.1 Å². The molecule has 10 heteroatoms. The number of carbonyl (C=O) groups excluding carboxylic acids is 2. The monoisotopic (exact) mass is 417 g/mol. The Kier molecular flexibility index (Phi) is 5.12. The van der Waals surface area contributed by atoms with Gasteiger partial charge in [0.15, 0.2) is 6.29 Å². The molecule has 0 bridgehead atoms. The van der Waals surface area contributed by atoms with Crippen molar-refractivity contribution in [2.75, 3.05) is 5.32 Å². The first kappa shape index (κ1) is 19.2. The van der Waals surface area contributed by atoms with Gasteiger partial charge in [-0.2, -0.15) is 5.10 Å². The molecule has 7 nitrogen and oxygen atoms in total. The minimum absolute atomic E-state index is 0.115. The van der Waals surface area contributed by atoms with E-state index >= 15 is 0 Å². The SMILES string of the molecule is CC1CC(=O)NC(n2nc(-c3cccs3)cc2NC(=O)c2c(F)cccc2F)N1. The van der Waals surface area contributed by atoms with Crippen molar-refractivity contribution in [3.05, 3.63) is 59.0 Å². The van der Waals surface area contributed by atoms with Crippen molar-refractivity contribution in [1.29, 1.82) is 0 Å². The summed E-state index contributed by atoms with van der Waals surface area (Å²) in [5.41, 5.74) is -0.134. The molecule has 0 spiro atoms. The van der Waals surface area contributed by atoms with Crippen LogP contribution in [0.25, 0.3) is 10.6 Å². The van der Waals surface area contributed by atoms with Crippen LogP contribution >= 0.6 is 11.3 Å². The molecule has 2 atom stereocenters. The maximum absolute atomic E-state index is 14.0. The van der Waals surface area contributed by atoms with Crippen LogP contribution < -0.4 is 16.0 Å². The predicted octanol–water partition coefficient (Wildman–Crippen LogP) is 3.10.